The van der Waals surface area contributed by atoms with E-state index in [0.29, 0.717) is 25.0 Å². The molecule has 1 saturated heterocycles. The molecule has 4 aliphatic heterocycles. The molecule has 0 aliphatic carbocycles. The van der Waals surface area contributed by atoms with Crippen molar-refractivity contribution in [2.75, 3.05) is 60.8 Å². The smallest absolute Gasteiger partial charge is 0.234 e. The Hall–Kier alpha value is -3.92. The van der Waals surface area contributed by atoms with Gasteiger partial charge in [0.15, 0.2) is 0 Å². The predicted molar refractivity (Wildman–Crippen MR) is 160 cm³/mol. The van der Waals surface area contributed by atoms with Crippen LogP contribution in [-0.2, 0) is 6.42 Å². The Morgan fingerprint density at radius 2 is 1.55 bits per heavy atom. The first-order valence-corrected chi connectivity index (χ1v) is 14.0. The van der Waals surface area contributed by atoms with E-state index in [-0.39, 0.29) is 5.60 Å². The molecular weight excluding hydrogens is 504 g/mol. The molecule has 1 unspecified atom stereocenters. The van der Waals surface area contributed by atoms with Crippen LogP contribution in [0.5, 0.6) is 11.5 Å². The molecule has 10 nitrogen and oxygen atoms in total. The average molecular weight is 543 g/mol. The number of allylic oxidation sites excluding steroid dienone is 2. The Balaban J connectivity index is 1.16. The first-order chi connectivity index (χ1) is 19.3. The van der Waals surface area contributed by atoms with Crippen LogP contribution in [0.1, 0.15) is 35.6 Å². The molecule has 1 aromatic heterocycles. The van der Waals surface area contributed by atoms with Gasteiger partial charge in [-0.2, -0.15) is 9.97 Å². The van der Waals surface area contributed by atoms with Gasteiger partial charge in [-0.25, -0.2) is 0 Å². The summed E-state index contributed by atoms with van der Waals surface area (Å²) in [6.07, 6.45) is 13.3. The molecule has 4 aliphatic rings. The number of ether oxygens (including phenoxy) is 1. The number of rotatable bonds is 5. The Labute approximate surface area is 236 Å². The first-order valence-electron chi connectivity index (χ1n) is 14.0. The zero-order valence-electron chi connectivity index (χ0n) is 23.8. The number of hydrogen-bond acceptors (Lipinski definition) is 10. The van der Waals surface area contributed by atoms with Crippen molar-refractivity contribution in [1.82, 2.24) is 14.9 Å². The number of piperazine rings is 1. The van der Waals surface area contributed by atoms with Gasteiger partial charge in [0.2, 0.25) is 5.95 Å². The molecule has 2 aromatic rings. The van der Waals surface area contributed by atoms with E-state index in [4.69, 9.17) is 14.7 Å². The van der Waals surface area contributed by atoms with Crippen LogP contribution in [0.4, 0.5) is 17.6 Å². The van der Waals surface area contributed by atoms with Crippen molar-refractivity contribution in [3.63, 3.8) is 0 Å². The van der Waals surface area contributed by atoms with E-state index in [9.17, 15) is 5.11 Å². The zero-order valence-corrected chi connectivity index (χ0v) is 23.8. The highest BCUT2D eigenvalue weighted by Gasteiger charge is 2.37. The Morgan fingerprint density at radius 3 is 2.23 bits per heavy atom. The summed E-state index contributed by atoms with van der Waals surface area (Å²) < 4.78 is 6.71. The Kier molecular flexibility index (Phi) is 6.95. The topological polar surface area (TPSA) is 92.9 Å². The fraction of sp³-hybridized carbons (Fsp3) is 0.467. The summed E-state index contributed by atoms with van der Waals surface area (Å²) in [4.78, 5) is 27.4. The van der Waals surface area contributed by atoms with Gasteiger partial charge in [-0.05, 0) is 69.4 Å². The number of aromatic hydroxyl groups is 1. The molecule has 6 rings (SSSR count). The summed E-state index contributed by atoms with van der Waals surface area (Å²) in [5.74, 6) is 3.75. The van der Waals surface area contributed by atoms with Crippen LogP contribution in [0, 0.1) is 20.8 Å². The lowest BCUT2D eigenvalue weighted by Gasteiger charge is -2.43. The third kappa shape index (κ3) is 5.03. The fourth-order valence-corrected chi connectivity index (χ4v) is 5.91. The van der Waals surface area contributed by atoms with Crippen LogP contribution in [0.15, 0.2) is 40.6 Å². The molecule has 0 bridgehead atoms. The van der Waals surface area contributed by atoms with Crippen molar-refractivity contribution in [2.45, 2.75) is 46.1 Å². The van der Waals surface area contributed by atoms with E-state index in [1.54, 1.807) is 6.21 Å². The van der Waals surface area contributed by atoms with E-state index in [2.05, 4.69) is 39.7 Å². The molecule has 1 aromatic carbocycles. The maximum absolute atomic E-state index is 10.5. The largest absolute Gasteiger partial charge is 0.507 e. The first kappa shape index (κ1) is 26.3. The predicted octanol–water partition coefficient (Wildman–Crippen LogP) is 3.74. The minimum absolute atomic E-state index is 0.271. The van der Waals surface area contributed by atoms with Gasteiger partial charge in [-0.3, -0.25) is 19.8 Å². The summed E-state index contributed by atoms with van der Waals surface area (Å²) in [7, 11) is 0. The van der Waals surface area contributed by atoms with Crippen molar-refractivity contribution < 1.29 is 9.84 Å². The van der Waals surface area contributed by atoms with Gasteiger partial charge >= 0.3 is 0 Å². The lowest BCUT2D eigenvalue weighted by atomic mass is 9.87. The average Bonchev–Trinajstić information content (AvgIpc) is 3.00. The number of phenolic OH excluding ortho intramolecular Hbond substituents is 1. The molecule has 0 amide bonds. The molecular formula is C30H38N8O2. The van der Waals surface area contributed by atoms with Gasteiger partial charge in [0, 0.05) is 69.2 Å². The highest BCUT2D eigenvalue weighted by Crippen LogP contribution is 2.43. The van der Waals surface area contributed by atoms with Gasteiger partial charge in [0.1, 0.15) is 42.1 Å². The minimum atomic E-state index is -0.271. The number of phenols is 1. The Morgan fingerprint density at radius 1 is 0.875 bits per heavy atom. The molecule has 1 atom stereocenters. The highest BCUT2D eigenvalue weighted by molar-refractivity contribution is 5.75. The third-order valence-corrected chi connectivity index (χ3v) is 8.47. The van der Waals surface area contributed by atoms with E-state index in [1.807, 2.05) is 54.4 Å². The number of benzene rings is 1. The molecule has 1 fully saturated rings. The van der Waals surface area contributed by atoms with Crippen LogP contribution in [0.2, 0.25) is 0 Å². The second-order valence-electron chi connectivity index (χ2n) is 11.3. The quantitative estimate of drug-likeness (QED) is 0.611. The molecule has 1 N–H and O–H groups in total. The summed E-state index contributed by atoms with van der Waals surface area (Å²) in [5, 5.41) is 10.5. The number of aliphatic imine (C=N–C) groups is 2. The van der Waals surface area contributed by atoms with Crippen LogP contribution < -0.4 is 19.4 Å². The van der Waals surface area contributed by atoms with Crippen molar-refractivity contribution in [2.24, 2.45) is 9.98 Å². The normalized spacial score (nSPS) is 22.6. The lowest BCUT2D eigenvalue weighted by Crippen LogP contribution is -2.54. The van der Waals surface area contributed by atoms with Crippen LogP contribution >= 0.6 is 0 Å². The summed E-state index contributed by atoms with van der Waals surface area (Å²) in [6, 6.07) is 2.06. The third-order valence-electron chi connectivity index (χ3n) is 8.47. The number of aromatic nitrogens is 2. The molecule has 40 heavy (non-hydrogen) atoms. The van der Waals surface area contributed by atoms with Crippen molar-refractivity contribution in [3.05, 3.63) is 52.9 Å². The number of nitrogens with zero attached hydrogens (tertiary/aromatic N) is 8. The van der Waals surface area contributed by atoms with Crippen molar-refractivity contribution >= 4 is 30.0 Å². The second-order valence-corrected chi connectivity index (χ2v) is 11.3. The van der Waals surface area contributed by atoms with Crippen LogP contribution in [0.25, 0.3) is 0 Å². The highest BCUT2D eigenvalue weighted by atomic mass is 16.5. The minimum Gasteiger partial charge on any atom is -0.507 e. The van der Waals surface area contributed by atoms with Gasteiger partial charge in [-0.15, -0.1) is 0 Å². The van der Waals surface area contributed by atoms with Gasteiger partial charge in [-0.1, -0.05) is 0 Å². The molecule has 0 saturated carbocycles. The SMILES string of the molecule is Cc1c(C)c2c(c(C)c1O)CCC(C)(CN1CCN(c3cc(N4C=CC=NC4)nc(N4C=CC=NC4)n3)CC1)O2. The number of fused-ring (bicyclic) bond motifs is 1. The van der Waals surface area contributed by atoms with Gasteiger partial charge in [0.25, 0.3) is 0 Å². The van der Waals surface area contributed by atoms with Gasteiger partial charge < -0.3 is 19.6 Å². The standard InChI is InChI=1S/C30H38N8O2/c1-21-22(2)28-24(23(3)27(21)39)7-8-30(4,40-28)18-35-13-15-36(16-14-35)25-17-26(37-11-5-9-31-19-37)34-29(33-25)38-12-6-10-32-20-38/h5-6,9-12,17,39H,7-8,13-16,18-20H2,1-4H3. The van der Waals surface area contributed by atoms with E-state index in [0.717, 1.165) is 85.2 Å². The van der Waals surface area contributed by atoms with E-state index < -0.39 is 0 Å². The van der Waals surface area contributed by atoms with E-state index >= 15 is 0 Å². The Bertz CT molecular complexity index is 1360. The van der Waals surface area contributed by atoms with E-state index in [1.165, 1.54) is 0 Å². The maximum atomic E-state index is 10.5. The van der Waals surface area contributed by atoms with Crippen LogP contribution in [-0.4, -0.2) is 84.1 Å². The monoisotopic (exact) mass is 542 g/mol. The van der Waals surface area contributed by atoms with Gasteiger partial charge in [0.05, 0.1) is 0 Å². The summed E-state index contributed by atoms with van der Waals surface area (Å²) in [5.41, 5.74) is 3.80. The fourth-order valence-electron chi connectivity index (χ4n) is 5.91. The molecule has 5 heterocycles. The molecule has 0 radical (unpaired) electrons. The van der Waals surface area contributed by atoms with Crippen molar-refractivity contribution in [3.8, 4) is 11.5 Å². The second kappa shape index (κ2) is 10.6. The summed E-state index contributed by atoms with van der Waals surface area (Å²) >= 11 is 0. The maximum Gasteiger partial charge on any atom is 0.234 e. The van der Waals surface area contributed by atoms with Crippen LogP contribution in [0.3, 0.4) is 0 Å². The zero-order chi connectivity index (χ0) is 27.9. The molecule has 0 spiro atoms. The lowest BCUT2D eigenvalue weighted by molar-refractivity contribution is 0.0226. The molecule has 10 heteroatoms. The number of anilines is 3. The van der Waals surface area contributed by atoms with Crippen molar-refractivity contribution in [1.29, 1.82) is 0 Å². The molecule has 210 valence electrons. The number of hydrogen-bond donors (Lipinski definition) is 1. The summed E-state index contributed by atoms with van der Waals surface area (Å²) in [6.45, 7) is 13.8.